The molecule has 0 aliphatic rings. The number of carbonyl (C=O) groups is 3. The maximum Gasteiger partial charge on any atom is 0.326 e. The van der Waals surface area contributed by atoms with Gasteiger partial charge < -0.3 is 20.8 Å². The lowest BCUT2D eigenvalue weighted by Crippen LogP contribution is -2.56. The van der Waals surface area contributed by atoms with Gasteiger partial charge in [-0.15, -0.1) is 0 Å². The highest BCUT2D eigenvalue weighted by Gasteiger charge is 2.29. The van der Waals surface area contributed by atoms with Crippen LogP contribution in [-0.2, 0) is 30.8 Å². The lowest BCUT2D eigenvalue weighted by atomic mass is 10.1. The number of benzene rings is 2. The molecule has 2 amide bonds. The average molecular weight is 478 g/mol. The molecule has 10 nitrogen and oxygen atoms in total. The van der Waals surface area contributed by atoms with Crippen molar-refractivity contribution >= 4 is 27.8 Å². The Bertz CT molecular complexity index is 1070. The van der Waals surface area contributed by atoms with E-state index in [1.54, 1.807) is 49.4 Å². The number of sulfonamides is 1. The zero-order valence-electron chi connectivity index (χ0n) is 18.2. The summed E-state index contributed by atoms with van der Waals surface area (Å²) < 4.78 is 27.1. The van der Waals surface area contributed by atoms with Crippen molar-refractivity contribution in [3.8, 4) is 0 Å². The number of aliphatic hydroxyl groups excluding tert-OH is 1. The Kier molecular flexibility index (Phi) is 9.09. The standard InChI is InChI=1S/C22H27N3O7S/c1-14-8-10-17(11-9-14)33(31,32)25-15(2)20(27)24-19(13-26)21(28)23-18(22(29)30)12-16-6-4-3-5-7-16/h3-11,15,18-19,25-26H,12-13H2,1-2H3,(H,23,28)(H,24,27)(H,29,30)/t15-,18-,19-/m0/s1. The third-order valence-electron chi connectivity index (χ3n) is 4.77. The Morgan fingerprint density at radius 2 is 1.48 bits per heavy atom. The number of carboxylic acid groups (broad SMARTS) is 1. The molecular weight excluding hydrogens is 450 g/mol. The van der Waals surface area contributed by atoms with E-state index in [9.17, 15) is 33.0 Å². The number of aliphatic carboxylic acids is 1. The third kappa shape index (κ3) is 7.67. The molecule has 2 aromatic rings. The summed E-state index contributed by atoms with van der Waals surface area (Å²) in [6.45, 7) is 2.27. The first-order valence-electron chi connectivity index (χ1n) is 10.1. The third-order valence-corrected chi connectivity index (χ3v) is 6.33. The number of carbonyl (C=O) groups excluding carboxylic acids is 2. The number of aryl methyl sites for hydroxylation is 1. The molecule has 0 saturated carbocycles. The summed E-state index contributed by atoms with van der Waals surface area (Å²) in [4.78, 5) is 36.5. The summed E-state index contributed by atoms with van der Waals surface area (Å²) in [7, 11) is -4.00. The fourth-order valence-electron chi connectivity index (χ4n) is 2.88. The fourth-order valence-corrected chi connectivity index (χ4v) is 4.09. The number of amides is 2. The van der Waals surface area contributed by atoms with E-state index in [2.05, 4.69) is 15.4 Å². The van der Waals surface area contributed by atoms with E-state index in [-0.39, 0.29) is 11.3 Å². The van der Waals surface area contributed by atoms with Crippen molar-refractivity contribution in [2.45, 2.75) is 43.3 Å². The summed E-state index contributed by atoms with van der Waals surface area (Å²) >= 11 is 0. The van der Waals surface area contributed by atoms with E-state index in [1.807, 2.05) is 0 Å². The highest BCUT2D eigenvalue weighted by atomic mass is 32.2. The molecule has 0 fully saturated rings. The van der Waals surface area contributed by atoms with Gasteiger partial charge in [0, 0.05) is 6.42 Å². The predicted molar refractivity (Wildman–Crippen MR) is 120 cm³/mol. The normalized spacial score (nSPS) is 14.0. The summed E-state index contributed by atoms with van der Waals surface area (Å²) in [5.74, 6) is -3.06. The summed E-state index contributed by atoms with van der Waals surface area (Å²) in [5.41, 5.74) is 1.54. The summed E-state index contributed by atoms with van der Waals surface area (Å²) in [6.07, 6.45) is 0.000754. The van der Waals surface area contributed by atoms with Crippen molar-refractivity contribution in [2.24, 2.45) is 0 Å². The quantitative estimate of drug-likeness (QED) is 0.303. The van der Waals surface area contributed by atoms with Crippen molar-refractivity contribution in [3.63, 3.8) is 0 Å². The molecule has 0 aliphatic carbocycles. The van der Waals surface area contributed by atoms with Gasteiger partial charge >= 0.3 is 5.97 Å². The van der Waals surface area contributed by atoms with Crippen LogP contribution in [-0.4, -0.2) is 61.1 Å². The molecule has 2 rings (SSSR count). The van der Waals surface area contributed by atoms with Crippen molar-refractivity contribution < 1.29 is 33.0 Å². The Morgan fingerprint density at radius 1 is 0.909 bits per heavy atom. The zero-order chi connectivity index (χ0) is 24.6. The van der Waals surface area contributed by atoms with E-state index < -0.39 is 52.5 Å². The molecular formula is C22H27N3O7S. The first-order chi connectivity index (χ1) is 15.5. The van der Waals surface area contributed by atoms with Crippen LogP contribution in [0.2, 0.25) is 0 Å². The van der Waals surface area contributed by atoms with Crippen molar-refractivity contribution in [3.05, 3.63) is 65.7 Å². The van der Waals surface area contributed by atoms with Gasteiger partial charge in [0.05, 0.1) is 17.5 Å². The molecule has 3 atom stereocenters. The molecule has 33 heavy (non-hydrogen) atoms. The molecule has 0 saturated heterocycles. The summed E-state index contributed by atoms with van der Waals surface area (Å²) in [5, 5.41) is 23.5. The van der Waals surface area contributed by atoms with Gasteiger partial charge in [-0.3, -0.25) is 9.59 Å². The van der Waals surface area contributed by atoms with Gasteiger partial charge in [-0.05, 0) is 31.5 Å². The Hall–Kier alpha value is -3.28. The van der Waals surface area contributed by atoms with Gasteiger partial charge in [0.2, 0.25) is 21.8 Å². The van der Waals surface area contributed by atoms with Gasteiger partial charge in [0.15, 0.2) is 0 Å². The molecule has 0 bridgehead atoms. The molecule has 0 heterocycles. The average Bonchev–Trinajstić information content (AvgIpc) is 2.77. The molecule has 178 valence electrons. The molecule has 2 aromatic carbocycles. The maximum atomic E-state index is 12.5. The van der Waals surface area contributed by atoms with E-state index in [4.69, 9.17) is 0 Å². The van der Waals surface area contributed by atoms with Crippen LogP contribution in [0.3, 0.4) is 0 Å². The second-order valence-corrected chi connectivity index (χ2v) is 9.20. The first kappa shape index (κ1) is 26.0. The molecule has 0 unspecified atom stereocenters. The highest BCUT2D eigenvalue weighted by Crippen LogP contribution is 2.10. The van der Waals surface area contributed by atoms with Gasteiger partial charge in [-0.1, -0.05) is 48.0 Å². The van der Waals surface area contributed by atoms with E-state index >= 15 is 0 Å². The van der Waals surface area contributed by atoms with Crippen molar-refractivity contribution in [1.29, 1.82) is 0 Å². The SMILES string of the molecule is Cc1ccc(S(=O)(=O)N[C@@H](C)C(=O)N[C@@H](CO)C(=O)N[C@@H](Cc2ccccc2)C(=O)O)cc1. The summed E-state index contributed by atoms with van der Waals surface area (Å²) in [6, 6.07) is 10.6. The molecule has 0 aliphatic heterocycles. The minimum absolute atomic E-state index is 0.000754. The highest BCUT2D eigenvalue weighted by molar-refractivity contribution is 7.89. The number of hydrogen-bond acceptors (Lipinski definition) is 6. The number of rotatable bonds is 11. The van der Waals surface area contributed by atoms with Crippen LogP contribution in [0.15, 0.2) is 59.5 Å². The lowest BCUT2D eigenvalue weighted by Gasteiger charge is -2.22. The second kappa shape index (κ2) is 11.5. The van der Waals surface area contributed by atoms with Crippen LogP contribution in [0, 0.1) is 6.92 Å². The molecule has 5 N–H and O–H groups in total. The van der Waals surface area contributed by atoms with Crippen LogP contribution in [0.4, 0.5) is 0 Å². The molecule has 0 spiro atoms. The van der Waals surface area contributed by atoms with Gasteiger partial charge in [-0.25, -0.2) is 13.2 Å². The number of hydrogen-bond donors (Lipinski definition) is 5. The Labute approximate surface area is 192 Å². The topological polar surface area (TPSA) is 162 Å². The Morgan fingerprint density at radius 3 is 2.03 bits per heavy atom. The largest absolute Gasteiger partial charge is 0.480 e. The molecule has 0 radical (unpaired) electrons. The Balaban J connectivity index is 2.01. The van der Waals surface area contributed by atoms with Crippen LogP contribution < -0.4 is 15.4 Å². The van der Waals surface area contributed by atoms with Crippen LogP contribution in [0.25, 0.3) is 0 Å². The zero-order valence-corrected chi connectivity index (χ0v) is 19.0. The minimum atomic E-state index is -4.00. The van der Waals surface area contributed by atoms with Crippen molar-refractivity contribution in [2.75, 3.05) is 6.61 Å². The van der Waals surface area contributed by atoms with Crippen LogP contribution >= 0.6 is 0 Å². The van der Waals surface area contributed by atoms with Gasteiger partial charge in [0.1, 0.15) is 12.1 Å². The first-order valence-corrected chi connectivity index (χ1v) is 11.6. The molecule has 0 aromatic heterocycles. The van der Waals surface area contributed by atoms with E-state index in [0.29, 0.717) is 5.56 Å². The smallest absolute Gasteiger partial charge is 0.326 e. The minimum Gasteiger partial charge on any atom is -0.480 e. The molecule has 11 heteroatoms. The second-order valence-electron chi connectivity index (χ2n) is 7.49. The van der Waals surface area contributed by atoms with Gasteiger partial charge in [-0.2, -0.15) is 4.72 Å². The van der Waals surface area contributed by atoms with Crippen LogP contribution in [0.1, 0.15) is 18.1 Å². The lowest BCUT2D eigenvalue weighted by molar-refractivity contribution is -0.142. The number of nitrogens with one attached hydrogen (secondary N) is 3. The van der Waals surface area contributed by atoms with Crippen molar-refractivity contribution in [1.82, 2.24) is 15.4 Å². The monoisotopic (exact) mass is 477 g/mol. The maximum absolute atomic E-state index is 12.5. The van der Waals surface area contributed by atoms with Gasteiger partial charge in [0.25, 0.3) is 0 Å². The predicted octanol–water partition coefficient (Wildman–Crippen LogP) is -0.0490. The number of aliphatic hydroxyl groups is 1. The van der Waals surface area contributed by atoms with E-state index in [1.165, 1.54) is 19.1 Å². The fraction of sp³-hybridized carbons (Fsp3) is 0.318. The van der Waals surface area contributed by atoms with E-state index in [0.717, 1.165) is 5.56 Å². The number of carboxylic acids is 1. The van der Waals surface area contributed by atoms with Crippen LogP contribution in [0.5, 0.6) is 0 Å².